The standard InChI is InChI=1S/C16H20N4O/c1-19-10-9-18-14(19)11-20(13-7-8-13)16(21)15(17)12-5-3-2-4-6-12/h2-6,9-10,13,15H,7-8,11,17H2,1H3/t15-/m0/s1. The van der Waals surface area contributed by atoms with E-state index in [0.717, 1.165) is 24.2 Å². The number of nitrogens with two attached hydrogens (primary N) is 1. The first-order valence-electron chi connectivity index (χ1n) is 7.24. The number of hydrogen-bond donors (Lipinski definition) is 1. The van der Waals surface area contributed by atoms with Gasteiger partial charge in [0.15, 0.2) is 0 Å². The van der Waals surface area contributed by atoms with E-state index in [4.69, 9.17) is 5.73 Å². The van der Waals surface area contributed by atoms with Crippen LogP contribution in [0.5, 0.6) is 0 Å². The van der Waals surface area contributed by atoms with E-state index in [2.05, 4.69) is 4.98 Å². The van der Waals surface area contributed by atoms with Crippen molar-refractivity contribution in [3.63, 3.8) is 0 Å². The van der Waals surface area contributed by atoms with E-state index >= 15 is 0 Å². The van der Waals surface area contributed by atoms with Crippen molar-refractivity contribution in [2.45, 2.75) is 31.5 Å². The van der Waals surface area contributed by atoms with Crippen LogP contribution in [0.15, 0.2) is 42.7 Å². The Bertz CT molecular complexity index is 618. The number of amides is 1. The average Bonchev–Trinajstić information content (AvgIpc) is 3.28. The molecule has 1 aromatic carbocycles. The van der Waals surface area contributed by atoms with Crippen molar-refractivity contribution < 1.29 is 4.79 Å². The van der Waals surface area contributed by atoms with Gasteiger partial charge in [-0.3, -0.25) is 4.79 Å². The number of aryl methyl sites for hydroxylation is 1. The number of benzene rings is 1. The van der Waals surface area contributed by atoms with Gasteiger partial charge < -0.3 is 15.2 Å². The van der Waals surface area contributed by atoms with Crippen LogP contribution in [-0.2, 0) is 18.4 Å². The molecule has 110 valence electrons. The second kappa shape index (κ2) is 5.69. The summed E-state index contributed by atoms with van der Waals surface area (Å²) in [7, 11) is 1.94. The maximum absolute atomic E-state index is 12.7. The Hall–Kier alpha value is -2.14. The monoisotopic (exact) mass is 284 g/mol. The van der Waals surface area contributed by atoms with Crippen LogP contribution >= 0.6 is 0 Å². The van der Waals surface area contributed by atoms with Crippen LogP contribution in [0.4, 0.5) is 0 Å². The van der Waals surface area contributed by atoms with Gasteiger partial charge in [0.2, 0.25) is 5.91 Å². The quantitative estimate of drug-likeness (QED) is 0.907. The van der Waals surface area contributed by atoms with Gasteiger partial charge in [0, 0.05) is 25.5 Å². The zero-order valence-corrected chi connectivity index (χ0v) is 12.1. The Balaban J connectivity index is 1.78. The van der Waals surface area contributed by atoms with Crippen molar-refractivity contribution >= 4 is 5.91 Å². The third kappa shape index (κ3) is 2.97. The fourth-order valence-electron chi connectivity index (χ4n) is 2.46. The van der Waals surface area contributed by atoms with Crippen molar-refractivity contribution in [1.82, 2.24) is 14.5 Å². The Morgan fingerprint density at radius 2 is 2.14 bits per heavy atom. The SMILES string of the molecule is Cn1ccnc1CN(C(=O)[C@@H](N)c1ccccc1)C1CC1. The molecule has 5 heteroatoms. The summed E-state index contributed by atoms with van der Waals surface area (Å²) in [6.07, 6.45) is 5.75. The summed E-state index contributed by atoms with van der Waals surface area (Å²) in [5.74, 6) is 0.863. The smallest absolute Gasteiger partial charge is 0.244 e. The molecule has 21 heavy (non-hydrogen) atoms. The van der Waals surface area contributed by atoms with Crippen LogP contribution in [0.3, 0.4) is 0 Å². The normalized spacial score (nSPS) is 15.7. The second-order valence-electron chi connectivity index (χ2n) is 5.54. The van der Waals surface area contributed by atoms with Gasteiger partial charge in [-0.2, -0.15) is 0 Å². The minimum absolute atomic E-state index is 0.0216. The first kappa shape index (κ1) is 13.8. The van der Waals surface area contributed by atoms with Crippen LogP contribution in [0.2, 0.25) is 0 Å². The highest BCUT2D eigenvalue weighted by atomic mass is 16.2. The van der Waals surface area contributed by atoms with E-state index in [1.165, 1.54) is 0 Å². The van der Waals surface area contributed by atoms with Gasteiger partial charge in [-0.05, 0) is 18.4 Å². The summed E-state index contributed by atoms with van der Waals surface area (Å²) >= 11 is 0. The van der Waals surface area contributed by atoms with Gasteiger partial charge in [0.25, 0.3) is 0 Å². The van der Waals surface area contributed by atoms with Crippen molar-refractivity contribution in [2.75, 3.05) is 0 Å². The molecule has 0 spiro atoms. The molecule has 3 rings (SSSR count). The van der Waals surface area contributed by atoms with Crippen molar-refractivity contribution in [3.8, 4) is 0 Å². The van der Waals surface area contributed by atoms with Gasteiger partial charge >= 0.3 is 0 Å². The number of rotatable bonds is 5. The second-order valence-corrected chi connectivity index (χ2v) is 5.54. The van der Waals surface area contributed by atoms with E-state index in [1.54, 1.807) is 6.20 Å². The fourth-order valence-corrected chi connectivity index (χ4v) is 2.46. The van der Waals surface area contributed by atoms with Gasteiger partial charge in [-0.25, -0.2) is 4.98 Å². The summed E-state index contributed by atoms with van der Waals surface area (Å²) < 4.78 is 1.94. The molecule has 0 aliphatic heterocycles. The number of carbonyl (C=O) groups is 1. The van der Waals surface area contributed by atoms with Gasteiger partial charge in [-0.15, -0.1) is 0 Å². The third-order valence-electron chi connectivity index (χ3n) is 3.93. The molecular weight excluding hydrogens is 264 g/mol. The van der Waals surface area contributed by atoms with Crippen molar-refractivity contribution in [1.29, 1.82) is 0 Å². The van der Waals surface area contributed by atoms with Gasteiger partial charge in [-0.1, -0.05) is 30.3 Å². The number of carbonyl (C=O) groups excluding carboxylic acids is 1. The maximum atomic E-state index is 12.7. The van der Waals surface area contributed by atoms with Gasteiger partial charge in [0.1, 0.15) is 11.9 Å². The molecule has 0 bridgehead atoms. The molecule has 1 saturated carbocycles. The van der Waals surface area contributed by atoms with E-state index in [-0.39, 0.29) is 5.91 Å². The largest absolute Gasteiger partial charge is 0.337 e. The zero-order valence-electron chi connectivity index (χ0n) is 12.1. The average molecular weight is 284 g/mol. The molecule has 1 aliphatic rings. The zero-order chi connectivity index (χ0) is 14.8. The molecular formula is C16H20N4O. The Labute approximate surface area is 124 Å². The number of imidazole rings is 1. The van der Waals surface area contributed by atoms with Crippen molar-refractivity contribution in [2.24, 2.45) is 12.8 Å². The highest BCUT2D eigenvalue weighted by Crippen LogP contribution is 2.30. The van der Waals surface area contributed by atoms with E-state index in [1.807, 2.05) is 53.0 Å². The molecule has 0 unspecified atom stereocenters. The highest BCUT2D eigenvalue weighted by Gasteiger charge is 2.35. The lowest BCUT2D eigenvalue weighted by molar-refractivity contribution is -0.134. The fraction of sp³-hybridized carbons (Fsp3) is 0.375. The van der Waals surface area contributed by atoms with E-state index < -0.39 is 6.04 Å². The summed E-state index contributed by atoms with van der Waals surface area (Å²) in [6, 6.07) is 9.23. The van der Waals surface area contributed by atoms with Crippen molar-refractivity contribution in [3.05, 3.63) is 54.1 Å². The first-order chi connectivity index (χ1) is 10.2. The molecule has 1 aromatic heterocycles. The predicted molar refractivity (Wildman–Crippen MR) is 80.2 cm³/mol. The van der Waals surface area contributed by atoms with Crippen LogP contribution in [0.25, 0.3) is 0 Å². The number of hydrogen-bond acceptors (Lipinski definition) is 3. The first-order valence-corrected chi connectivity index (χ1v) is 7.24. The van der Waals surface area contributed by atoms with E-state index in [0.29, 0.717) is 12.6 Å². The molecule has 1 amide bonds. The van der Waals surface area contributed by atoms with Crippen LogP contribution in [0, 0.1) is 0 Å². The Morgan fingerprint density at radius 3 is 2.71 bits per heavy atom. The lowest BCUT2D eigenvalue weighted by Gasteiger charge is -2.25. The Morgan fingerprint density at radius 1 is 1.43 bits per heavy atom. The number of nitrogens with zero attached hydrogens (tertiary/aromatic N) is 3. The molecule has 1 atom stereocenters. The molecule has 5 nitrogen and oxygen atoms in total. The number of aromatic nitrogens is 2. The summed E-state index contributed by atoms with van der Waals surface area (Å²) in [4.78, 5) is 18.9. The summed E-state index contributed by atoms with van der Waals surface area (Å²) in [5.41, 5.74) is 7.01. The summed E-state index contributed by atoms with van der Waals surface area (Å²) in [6.45, 7) is 0.521. The van der Waals surface area contributed by atoms with E-state index in [9.17, 15) is 4.79 Å². The lowest BCUT2D eigenvalue weighted by atomic mass is 10.1. The molecule has 1 heterocycles. The topological polar surface area (TPSA) is 64.2 Å². The Kier molecular flexibility index (Phi) is 3.75. The summed E-state index contributed by atoms with van der Waals surface area (Å²) in [5, 5.41) is 0. The molecule has 0 saturated heterocycles. The highest BCUT2D eigenvalue weighted by molar-refractivity contribution is 5.83. The van der Waals surface area contributed by atoms with Crippen LogP contribution < -0.4 is 5.73 Å². The molecule has 1 aliphatic carbocycles. The predicted octanol–water partition coefficient (Wildman–Crippen LogP) is 1.61. The minimum Gasteiger partial charge on any atom is -0.337 e. The van der Waals surface area contributed by atoms with Crippen LogP contribution in [0.1, 0.15) is 30.3 Å². The third-order valence-corrected chi connectivity index (χ3v) is 3.93. The molecule has 2 N–H and O–H groups in total. The lowest BCUT2D eigenvalue weighted by Crippen LogP contribution is -2.40. The molecule has 1 fully saturated rings. The van der Waals surface area contributed by atoms with Gasteiger partial charge in [0.05, 0.1) is 6.54 Å². The maximum Gasteiger partial charge on any atom is 0.244 e. The van der Waals surface area contributed by atoms with Crippen LogP contribution in [-0.4, -0.2) is 26.4 Å². The molecule has 2 aromatic rings. The molecule has 0 radical (unpaired) electrons. The minimum atomic E-state index is -0.605.